The molecule has 0 radical (unpaired) electrons. The Bertz CT molecular complexity index is 1030. The van der Waals surface area contributed by atoms with Crippen LogP contribution in [-0.4, -0.2) is 40.4 Å². The maximum Gasteiger partial charge on any atom is 0.254 e. The highest BCUT2D eigenvalue weighted by atomic mass is 16.1. The van der Waals surface area contributed by atoms with E-state index < -0.39 is 5.91 Å². The lowest BCUT2D eigenvalue weighted by Gasteiger charge is -2.29. The minimum atomic E-state index is -0.667. The van der Waals surface area contributed by atoms with Gasteiger partial charge >= 0.3 is 0 Å². The molecule has 1 fully saturated rings. The van der Waals surface area contributed by atoms with Crippen LogP contribution in [0.1, 0.15) is 41.6 Å². The topological polar surface area (TPSA) is 196 Å². The van der Waals surface area contributed by atoms with Gasteiger partial charge in [-0.15, -0.1) is 0 Å². The van der Waals surface area contributed by atoms with Gasteiger partial charge in [0.2, 0.25) is 5.95 Å². The third-order valence-corrected chi connectivity index (χ3v) is 5.00. The molecule has 9 N–H and O–H groups in total. The molecule has 1 aromatic carbocycles. The molecule has 1 aliphatic carbocycles. The van der Waals surface area contributed by atoms with Gasteiger partial charge in [-0.05, 0) is 25.0 Å². The quantitative estimate of drug-likeness (QED) is 0.156. The SMILES string of the molecule is N#Cc1ccc(Nc2nc(N[C@@H]3CCCC[C@@H]3N)ncc2C(N)=O)cc1[NH2+]/N=C\C=N. The minimum Gasteiger partial charge on any atom is -0.365 e. The number of carbonyl (C=O) groups is 1. The van der Waals surface area contributed by atoms with E-state index >= 15 is 0 Å². The Hall–Kier alpha value is -3.88. The van der Waals surface area contributed by atoms with Crippen molar-refractivity contribution < 1.29 is 10.2 Å². The third kappa shape index (κ3) is 5.59. The largest absolute Gasteiger partial charge is 0.365 e. The molecule has 11 nitrogen and oxygen atoms in total. The van der Waals surface area contributed by atoms with Crippen molar-refractivity contribution in [2.24, 2.45) is 16.6 Å². The monoisotopic (exact) mass is 421 g/mol. The standard InChI is InChI=1S/C20H24N10O/c21-7-8-26-30-17-9-13(6-5-12(17)10-22)27-19-14(18(24)31)11-25-20(29-19)28-16-4-2-1-3-15(16)23/h5-9,11,15-16,21,30H,1-4,23H2,(H2,24,31)(H2,25,27,28,29)/p+1/b21-7?,26-8-/t15-,16+/m0/s1. The van der Waals surface area contributed by atoms with Gasteiger partial charge in [-0.1, -0.05) is 17.9 Å². The number of nitrogens with one attached hydrogen (secondary N) is 3. The van der Waals surface area contributed by atoms with E-state index in [4.69, 9.17) is 16.9 Å². The summed E-state index contributed by atoms with van der Waals surface area (Å²) in [7, 11) is 0. The van der Waals surface area contributed by atoms with E-state index in [-0.39, 0.29) is 23.5 Å². The maximum atomic E-state index is 11.9. The first-order valence-corrected chi connectivity index (χ1v) is 9.87. The van der Waals surface area contributed by atoms with Gasteiger partial charge < -0.3 is 27.5 Å². The molecule has 0 saturated heterocycles. The summed E-state index contributed by atoms with van der Waals surface area (Å²) in [6.45, 7) is 0. The Labute approximate surface area is 179 Å². The Morgan fingerprint density at radius 1 is 1.39 bits per heavy atom. The molecule has 11 heteroatoms. The fourth-order valence-electron chi connectivity index (χ4n) is 3.38. The van der Waals surface area contributed by atoms with E-state index in [0.717, 1.165) is 31.9 Å². The molecule has 160 valence electrons. The zero-order valence-electron chi connectivity index (χ0n) is 16.9. The summed E-state index contributed by atoms with van der Waals surface area (Å²) in [5, 5.41) is 26.6. The first-order valence-electron chi connectivity index (χ1n) is 9.87. The van der Waals surface area contributed by atoms with Crippen molar-refractivity contribution >= 4 is 41.5 Å². The van der Waals surface area contributed by atoms with Crippen molar-refractivity contribution in [3.8, 4) is 6.07 Å². The predicted molar refractivity (Wildman–Crippen MR) is 118 cm³/mol. The van der Waals surface area contributed by atoms with Gasteiger partial charge in [0.05, 0.1) is 0 Å². The average molecular weight is 421 g/mol. The molecule has 1 aliphatic rings. The normalized spacial score (nSPS) is 18.3. The van der Waals surface area contributed by atoms with Gasteiger partial charge in [-0.3, -0.25) is 4.79 Å². The summed E-state index contributed by atoms with van der Waals surface area (Å²) < 4.78 is 0. The van der Waals surface area contributed by atoms with Crippen molar-refractivity contribution in [3.05, 3.63) is 35.5 Å². The average Bonchev–Trinajstić information content (AvgIpc) is 2.76. The Kier molecular flexibility index (Phi) is 7.21. The number of aromatic nitrogens is 2. The highest BCUT2D eigenvalue weighted by Crippen LogP contribution is 2.24. The van der Waals surface area contributed by atoms with Crippen molar-refractivity contribution in [2.75, 3.05) is 10.6 Å². The number of carbonyl (C=O) groups excluding carboxylic acids is 1. The second kappa shape index (κ2) is 10.2. The molecular weight excluding hydrogens is 396 g/mol. The molecular formula is C20H25N10O+. The van der Waals surface area contributed by atoms with E-state index in [1.807, 2.05) is 0 Å². The molecule has 2 atom stereocenters. The van der Waals surface area contributed by atoms with Crippen molar-refractivity contribution in [1.29, 1.82) is 10.7 Å². The van der Waals surface area contributed by atoms with Crippen LogP contribution in [0.25, 0.3) is 0 Å². The van der Waals surface area contributed by atoms with E-state index in [0.29, 0.717) is 22.9 Å². The van der Waals surface area contributed by atoms with Crippen molar-refractivity contribution in [2.45, 2.75) is 37.8 Å². The highest BCUT2D eigenvalue weighted by Gasteiger charge is 2.23. The minimum absolute atomic E-state index is 0.0164. The van der Waals surface area contributed by atoms with Crippen LogP contribution in [0.2, 0.25) is 0 Å². The smallest absolute Gasteiger partial charge is 0.254 e. The predicted octanol–water partition coefficient (Wildman–Crippen LogP) is 0.703. The van der Waals surface area contributed by atoms with E-state index in [2.05, 4.69) is 31.8 Å². The summed E-state index contributed by atoms with van der Waals surface area (Å²) in [6.07, 6.45) is 7.76. The van der Waals surface area contributed by atoms with Crippen LogP contribution in [0.5, 0.6) is 0 Å². The molecule has 1 aromatic heterocycles. The third-order valence-electron chi connectivity index (χ3n) is 5.00. The van der Waals surface area contributed by atoms with Crippen LogP contribution in [-0.2, 0) is 0 Å². The number of nitrogens with zero attached hydrogens (tertiary/aromatic N) is 4. The van der Waals surface area contributed by atoms with Gasteiger partial charge in [0.15, 0.2) is 5.69 Å². The number of benzene rings is 1. The van der Waals surface area contributed by atoms with E-state index in [1.54, 1.807) is 18.2 Å². The van der Waals surface area contributed by atoms with Crippen LogP contribution in [0.3, 0.4) is 0 Å². The van der Waals surface area contributed by atoms with Gasteiger partial charge in [-0.25, -0.2) is 4.98 Å². The summed E-state index contributed by atoms with van der Waals surface area (Å²) in [4.78, 5) is 20.5. The Morgan fingerprint density at radius 2 is 2.19 bits per heavy atom. The summed E-state index contributed by atoms with van der Waals surface area (Å²) in [5.74, 6) is -0.0710. The molecule has 0 aliphatic heterocycles. The first kappa shape index (κ1) is 21.8. The number of amides is 1. The van der Waals surface area contributed by atoms with Crippen LogP contribution < -0.4 is 27.5 Å². The summed E-state index contributed by atoms with van der Waals surface area (Å²) in [6, 6.07) is 7.17. The van der Waals surface area contributed by atoms with Crippen LogP contribution in [0.15, 0.2) is 29.5 Å². The van der Waals surface area contributed by atoms with Gasteiger partial charge in [-0.2, -0.15) is 15.7 Å². The highest BCUT2D eigenvalue weighted by molar-refractivity contribution is 6.14. The van der Waals surface area contributed by atoms with Gasteiger partial charge in [0, 0.05) is 36.2 Å². The molecule has 1 heterocycles. The number of primary amides is 1. The lowest BCUT2D eigenvalue weighted by Crippen LogP contribution is -2.71. The number of quaternary nitrogens is 1. The molecule has 0 unspecified atom stereocenters. The van der Waals surface area contributed by atoms with Crippen LogP contribution >= 0.6 is 0 Å². The molecule has 31 heavy (non-hydrogen) atoms. The number of nitriles is 1. The number of nitrogens with two attached hydrogens (primary N) is 3. The molecule has 2 aromatic rings. The molecule has 0 bridgehead atoms. The van der Waals surface area contributed by atoms with Crippen molar-refractivity contribution in [1.82, 2.24) is 9.97 Å². The fraction of sp³-hybridized carbons (Fsp3) is 0.300. The lowest BCUT2D eigenvalue weighted by atomic mass is 9.91. The molecule has 3 rings (SSSR count). The summed E-state index contributed by atoms with van der Waals surface area (Å²) >= 11 is 0. The molecule has 1 saturated carbocycles. The fourth-order valence-corrected chi connectivity index (χ4v) is 3.38. The Balaban J connectivity index is 1.87. The number of rotatable bonds is 8. The van der Waals surface area contributed by atoms with Crippen LogP contribution in [0, 0.1) is 16.7 Å². The second-order valence-electron chi connectivity index (χ2n) is 7.15. The first-order chi connectivity index (χ1) is 15.0. The zero-order chi connectivity index (χ0) is 22.2. The Morgan fingerprint density at radius 3 is 2.90 bits per heavy atom. The molecule has 1 amide bonds. The number of hydrogen-bond acceptors (Lipinski definition) is 9. The maximum absolute atomic E-state index is 11.9. The van der Waals surface area contributed by atoms with Gasteiger partial charge in [0.1, 0.15) is 29.2 Å². The van der Waals surface area contributed by atoms with E-state index in [9.17, 15) is 10.1 Å². The van der Waals surface area contributed by atoms with Crippen LogP contribution in [0.4, 0.5) is 23.1 Å². The van der Waals surface area contributed by atoms with Gasteiger partial charge in [0.25, 0.3) is 5.91 Å². The zero-order valence-corrected chi connectivity index (χ0v) is 16.9. The van der Waals surface area contributed by atoms with E-state index in [1.165, 1.54) is 17.8 Å². The molecule has 0 spiro atoms. The number of hydrogen-bond donors (Lipinski definition) is 6. The second-order valence-corrected chi connectivity index (χ2v) is 7.15. The summed E-state index contributed by atoms with van der Waals surface area (Å²) in [5.41, 5.74) is 14.8. The lowest BCUT2D eigenvalue weighted by molar-refractivity contribution is -0.576. The van der Waals surface area contributed by atoms with Crippen molar-refractivity contribution in [3.63, 3.8) is 0 Å². The number of anilines is 3.